The quantitative estimate of drug-likeness (QED) is 0.642. The molecule has 1 heterocycles. The molecule has 6 heteroatoms. The monoisotopic (exact) mass is 278 g/mol. The van der Waals surface area contributed by atoms with Gasteiger partial charge in [-0.1, -0.05) is 6.07 Å². The number of phenols is 1. The van der Waals surface area contributed by atoms with E-state index in [4.69, 9.17) is 4.74 Å². The van der Waals surface area contributed by atoms with E-state index in [1.807, 2.05) is 0 Å². The lowest BCUT2D eigenvalue weighted by atomic mass is 10.1. The molecular formula is C14H18N2O4. The molecule has 1 atom stereocenters. The molecule has 1 aliphatic rings. The first-order chi connectivity index (χ1) is 9.60. The van der Waals surface area contributed by atoms with Crippen LogP contribution in [0, 0.1) is 0 Å². The smallest absolute Gasteiger partial charge is 0.328 e. The first-order valence-electron chi connectivity index (χ1n) is 6.48. The summed E-state index contributed by atoms with van der Waals surface area (Å²) in [7, 11) is 2.97. The maximum absolute atomic E-state index is 12.5. The zero-order valence-corrected chi connectivity index (χ0v) is 11.5. The number of methoxy groups -OCH3 is 1. The number of ether oxygens (including phenoxy) is 1. The molecule has 0 saturated carbocycles. The Morgan fingerprint density at radius 3 is 2.85 bits per heavy atom. The summed E-state index contributed by atoms with van der Waals surface area (Å²) in [4.78, 5) is 25.6. The molecule has 0 bridgehead atoms. The fraction of sp³-hybridized carbons (Fsp3) is 0.429. The second-order valence-electron chi connectivity index (χ2n) is 4.63. The maximum atomic E-state index is 12.5. The van der Waals surface area contributed by atoms with E-state index in [1.165, 1.54) is 12.0 Å². The van der Waals surface area contributed by atoms with Crippen molar-refractivity contribution in [3.8, 4) is 5.75 Å². The van der Waals surface area contributed by atoms with Gasteiger partial charge in [-0.05, 0) is 25.0 Å². The molecule has 1 aromatic carbocycles. The molecule has 1 unspecified atom stereocenters. The summed E-state index contributed by atoms with van der Waals surface area (Å²) in [6.45, 7) is 0.488. The lowest BCUT2D eigenvalue weighted by Gasteiger charge is -2.23. The highest BCUT2D eigenvalue weighted by Crippen LogP contribution is 2.30. The highest BCUT2D eigenvalue weighted by atomic mass is 16.5. The molecule has 0 aromatic heterocycles. The number of carbonyl (C=O) groups excluding carboxylic acids is 2. The van der Waals surface area contributed by atoms with Gasteiger partial charge in [0.05, 0.1) is 18.4 Å². The summed E-state index contributed by atoms with van der Waals surface area (Å²) >= 11 is 0. The summed E-state index contributed by atoms with van der Waals surface area (Å²) in [5, 5.41) is 12.9. The summed E-state index contributed by atoms with van der Waals surface area (Å²) in [5.74, 6) is -0.872. The first kappa shape index (κ1) is 14.2. The number of phenolic OH excluding ortho intramolecular Hbond substituents is 1. The largest absolute Gasteiger partial charge is 0.505 e. The number of rotatable bonds is 3. The lowest BCUT2D eigenvalue weighted by Crippen LogP contribution is -2.41. The Labute approximate surface area is 117 Å². The van der Waals surface area contributed by atoms with E-state index in [-0.39, 0.29) is 17.2 Å². The second-order valence-corrected chi connectivity index (χ2v) is 4.63. The van der Waals surface area contributed by atoms with E-state index in [1.54, 1.807) is 25.2 Å². The third-order valence-corrected chi connectivity index (χ3v) is 3.52. The lowest BCUT2D eigenvalue weighted by molar-refractivity contribution is -0.145. The van der Waals surface area contributed by atoms with Gasteiger partial charge in [-0.15, -0.1) is 0 Å². The molecule has 20 heavy (non-hydrogen) atoms. The van der Waals surface area contributed by atoms with Crippen molar-refractivity contribution in [2.45, 2.75) is 18.9 Å². The van der Waals surface area contributed by atoms with Gasteiger partial charge in [0.15, 0.2) is 5.75 Å². The maximum Gasteiger partial charge on any atom is 0.328 e. The number of aromatic hydroxyl groups is 1. The van der Waals surface area contributed by atoms with Gasteiger partial charge in [-0.3, -0.25) is 4.79 Å². The van der Waals surface area contributed by atoms with Crippen molar-refractivity contribution >= 4 is 17.6 Å². The van der Waals surface area contributed by atoms with Crippen molar-refractivity contribution < 1.29 is 19.4 Å². The molecule has 1 aromatic rings. The molecule has 108 valence electrons. The van der Waals surface area contributed by atoms with Crippen molar-refractivity contribution in [1.82, 2.24) is 4.90 Å². The summed E-state index contributed by atoms with van der Waals surface area (Å²) < 4.78 is 4.72. The van der Waals surface area contributed by atoms with E-state index in [9.17, 15) is 14.7 Å². The third kappa shape index (κ3) is 2.41. The number of nitrogens with zero attached hydrogens (tertiary/aromatic N) is 1. The number of likely N-dealkylation sites (tertiary alicyclic amines) is 1. The molecule has 1 fully saturated rings. The van der Waals surface area contributed by atoms with E-state index < -0.39 is 12.0 Å². The van der Waals surface area contributed by atoms with Gasteiger partial charge in [0.1, 0.15) is 6.04 Å². The van der Waals surface area contributed by atoms with Crippen LogP contribution in [0.2, 0.25) is 0 Å². The third-order valence-electron chi connectivity index (χ3n) is 3.52. The molecule has 0 spiro atoms. The Morgan fingerprint density at radius 1 is 1.45 bits per heavy atom. The molecule has 2 rings (SSSR count). The molecule has 2 N–H and O–H groups in total. The van der Waals surface area contributed by atoms with E-state index in [0.29, 0.717) is 18.7 Å². The van der Waals surface area contributed by atoms with Gasteiger partial charge in [-0.2, -0.15) is 0 Å². The van der Waals surface area contributed by atoms with Crippen LogP contribution >= 0.6 is 0 Å². The molecular weight excluding hydrogens is 260 g/mol. The topological polar surface area (TPSA) is 78.9 Å². The van der Waals surface area contributed by atoms with Crippen LogP contribution in [-0.2, 0) is 9.53 Å². The number of anilines is 1. The standard InChI is InChI=1S/C14H18N2O4/c1-15-10-6-3-5-9(12(10)17)13(18)16-8-4-7-11(16)14(19)20-2/h3,5-6,11,15,17H,4,7-8H2,1-2H3. The fourth-order valence-electron chi connectivity index (χ4n) is 2.46. The van der Waals surface area contributed by atoms with Crippen LogP contribution in [0.4, 0.5) is 5.69 Å². The highest BCUT2D eigenvalue weighted by molar-refractivity contribution is 6.00. The van der Waals surface area contributed by atoms with Crippen LogP contribution in [0.15, 0.2) is 18.2 Å². The van der Waals surface area contributed by atoms with Crippen molar-refractivity contribution in [2.24, 2.45) is 0 Å². The van der Waals surface area contributed by atoms with Crippen molar-refractivity contribution in [2.75, 3.05) is 26.0 Å². The predicted molar refractivity (Wildman–Crippen MR) is 73.7 cm³/mol. The van der Waals surface area contributed by atoms with E-state index >= 15 is 0 Å². The van der Waals surface area contributed by atoms with E-state index in [2.05, 4.69) is 5.32 Å². The number of esters is 1. The number of nitrogens with one attached hydrogen (secondary N) is 1. The number of amides is 1. The second kappa shape index (κ2) is 5.81. The highest BCUT2D eigenvalue weighted by Gasteiger charge is 2.36. The molecule has 1 amide bonds. The van der Waals surface area contributed by atoms with Gasteiger partial charge in [-0.25, -0.2) is 4.79 Å². The average Bonchev–Trinajstić information content (AvgIpc) is 2.95. The Balaban J connectivity index is 2.29. The molecule has 1 aliphatic heterocycles. The van der Waals surface area contributed by atoms with E-state index in [0.717, 1.165) is 6.42 Å². The van der Waals surface area contributed by atoms with Gasteiger partial charge in [0.25, 0.3) is 5.91 Å². The minimum atomic E-state index is -0.565. The molecule has 6 nitrogen and oxygen atoms in total. The number of benzene rings is 1. The molecule has 1 saturated heterocycles. The van der Waals surface area contributed by atoms with Gasteiger partial charge >= 0.3 is 5.97 Å². The first-order valence-corrected chi connectivity index (χ1v) is 6.48. The van der Waals surface area contributed by atoms with Gasteiger partial charge in [0, 0.05) is 13.6 Å². The zero-order valence-electron chi connectivity index (χ0n) is 11.5. The summed E-state index contributed by atoms with van der Waals surface area (Å²) in [6.07, 6.45) is 1.34. The Kier molecular flexibility index (Phi) is 4.12. The number of hydrogen-bond donors (Lipinski definition) is 2. The number of carbonyl (C=O) groups is 2. The predicted octanol–water partition coefficient (Wildman–Crippen LogP) is 1.21. The van der Waals surface area contributed by atoms with Crippen molar-refractivity contribution in [1.29, 1.82) is 0 Å². The van der Waals surface area contributed by atoms with Crippen LogP contribution in [-0.4, -0.2) is 48.6 Å². The van der Waals surface area contributed by atoms with Crippen LogP contribution < -0.4 is 5.32 Å². The number of para-hydroxylation sites is 1. The summed E-state index contributed by atoms with van der Waals surface area (Å²) in [5.41, 5.74) is 0.664. The van der Waals surface area contributed by atoms with Gasteiger partial charge in [0.2, 0.25) is 0 Å². The summed E-state index contributed by atoms with van der Waals surface area (Å²) in [6, 6.07) is 4.34. The van der Waals surface area contributed by atoms with Crippen LogP contribution in [0.1, 0.15) is 23.2 Å². The minimum absolute atomic E-state index is 0.101. The Hall–Kier alpha value is -2.24. The average molecular weight is 278 g/mol. The van der Waals surface area contributed by atoms with Crippen LogP contribution in [0.3, 0.4) is 0 Å². The Bertz CT molecular complexity index is 530. The Morgan fingerprint density at radius 2 is 2.20 bits per heavy atom. The minimum Gasteiger partial charge on any atom is -0.505 e. The zero-order chi connectivity index (χ0) is 14.7. The normalized spacial score (nSPS) is 17.9. The van der Waals surface area contributed by atoms with Crippen LogP contribution in [0.25, 0.3) is 0 Å². The van der Waals surface area contributed by atoms with Crippen LogP contribution in [0.5, 0.6) is 5.75 Å². The van der Waals surface area contributed by atoms with Gasteiger partial charge < -0.3 is 20.1 Å². The van der Waals surface area contributed by atoms with Crippen molar-refractivity contribution in [3.63, 3.8) is 0 Å². The molecule has 0 radical (unpaired) electrons. The fourth-order valence-corrected chi connectivity index (χ4v) is 2.46. The number of hydrogen-bond acceptors (Lipinski definition) is 5. The van der Waals surface area contributed by atoms with Crippen molar-refractivity contribution in [3.05, 3.63) is 23.8 Å². The molecule has 0 aliphatic carbocycles. The SMILES string of the molecule is CNc1cccc(C(=O)N2CCCC2C(=O)OC)c1O.